The maximum atomic E-state index is 13.5. The summed E-state index contributed by atoms with van der Waals surface area (Å²) in [4.78, 5) is 24.3. The van der Waals surface area contributed by atoms with Gasteiger partial charge in [-0.15, -0.1) is 0 Å². The Balaban J connectivity index is 2.52. The van der Waals surface area contributed by atoms with Gasteiger partial charge in [0.05, 0.1) is 12.5 Å². The molecular formula is C13H10F3N3O2. The van der Waals surface area contributed by atoms with E-state index >= 15 is 0 Å². The predicted octanol–water partition coefficient (Wildman–Crippen LogP) is 1.91. The molecular weight excluding hydrogens is 287 g/mol. The third kappa shape index (κ3) is 2.20. The zero-order valence-corrected chi connectivity index (χ0v) is 10.6. The molecule has 1 aliphatic rings. The first kappa shape index (κ1) is 14.8. The van der Waals surface area contributed by atoms with Crippen LogP contribution in [0.3, 0.4) is 0 Å². The Kier molecular flexibility index (Phi) is 3.60. The number of hydrogen-bond acceptors (Lipinski definition) is 3. The number of rotatable bonds is 3. The molecule has 1 aliphatic heterocycles. The van der Waals surface area contributed by atoms with Crippen LogP contribution in [0.2, 0.25) is 0 Å². The van der Waals surface area contributed by atoms with Crippen LogP contribution in [0.1, 0.15) is 12.0 Å². The molecule has 1 saturated heterocycles. The molecule has 0 radical (unpaired) electrons. The minimum Gasteiger partial charge on any atom is -0.312 e. The Morgan fingerprint density at radius 3 is 2.38 bits per heavy atom. The lowest BCUT2D eigenvalue weighted by Gasteiger charge is -2.29. The van der Waals surface area contributed by atoms with Crippen LogP contribution in [0.4, 0.5) is 18.0 Å². The van der Waals surface area contributed by atoms with Gasteiger partial charge in [-0.1, -0.05) is 30.3 Å². The van der Waals surface area contributed by atoms with E-state index in [2.05, 4.69) is 0 Å². The molecule has 110 valence electrons. The minimum atomic E-state index is -5.00. The molecule has 1 atom stereocenters. The number of benzene rings is 1. The summed E-state index contributed by atoms with van der Waals surface area (Å²) in [5.41, 5.74) is -3.46. The number of amides is 3. The highest BCUT2D eigenvalue weighted by molar-refractivity contribution is 6.08. The van der Waals surface area contributed by atoms with Gasteiger partial charge in [0.2, 0.25) is 5.54 Å². The molecule has 0 aromatic heterocycles. The molecule has 1 N–H and O–H groups in total. The van der Waals surface area contributed by atoms with Crippen molar-refractivity contribution in [3.05, 3.63) is 35.9 Å². The van der Waals surface area contributed by atoms with Gasteiger partial charge in [-0.3, -0.25) is 9.69 Å². The average Bonchev–Trinajstić information content (AvgIpc) is 2.70. The van der Waals surface area contributed by atoms with Crippen LogP contribution in [-0.2, 0) is 10.3 Å². The number of nitrogens with one attached hydrogen (secondary N) is 1. The molecule has 5 nitrogen and oxygen atoms in total. The van der Waals surface area contributed by atoms with Gasteiger partial charge >= 0.3 is 12.2 Å². The number of hydrogen-bond donors (Lipinski definition) is 1. The second kappa shape index (κ2) is 5.09. The molecule has 2 rings (SSSR count). The maximum Gasteiger partial charge on any atom is 0.425 e. The van der Waals surface area contributed by atoms with Gasteiger partial charge in [0.25, 0.3) is 5.91 Å². The van der Waals surface area contributed by atoms with Gasteiger partial charge in [-0.25, -0.2) is 4.79 Å². The van der Waals surface area contributed by atoms with Crippen LogP contribution in [0.25, 0.3) is 0 Å². The Bertz CT molecular complexity index is 609. The van der Waals surface area contributed by atoms with Crippen LogP contribution in [-0.4, -0.2) is 29.6 Å². The number of urea groups is 1. The van der Waals surface area contributed by atoms with Gasteiger partial charge in [-0.05, 0) is 5.56 Å². The molecule has 0 aliphatic carbocycles. The number of carbonyl (C=O) groups is 2. The monoisotopic (exact) mass is 297 g/mol. The fourth-order valence-electron chi connectivity index (χ4n) is 2.18. The van der Waals surface area contributed by atoms with Crippen LogP contribution < -0.4 is 5.32 Å². The fourth-order valence-corrected chi connectivity index (χ4v) is 2.18. The van der Waals surface area contributed by atoms with Crippen LogP contribution in [0.5, 0.6) is 0 Å². The molecule has 3 amide bonds. The molecule has 8 heteroatoms. The van der Waals surface area contributed by atoms with E-state index in [0.717, 1.165) is 12.1 Å². The maximum absolute atomic E-state index is 13.5. The Labute approximate surface area is 118 Å². The first-order valence-electron chi connectivity index (χ1n) is 5.98. The summed E-state index contributed by atoms with van der Waals surface area (Å²) >= 11 is 0. The van der Waals surface area contributed by atoms with Crippen molar-refractivity contribution in [2.75, 3.05) is 6.54 Å². The lowest BCUT2D eigenvalue weighted by atomic mass is 9.89. The highest BCUT2D eigenvalue weighted by atomic mass is 19.4. The van der Waals surface area contributed by atoms with Crippen molar-refractivity contribution in [3.8, 4) is 6.07 Å². The highest BCUT2D eigenvalue weighted by Crippen LogP contribution is 2.43. The van der Waals surface area contributed by atoms with E-state index in [1.165, 1.54) is 18.2 Å². The predicted molar refractivity (Wildman–Crippen MR) is 64.6 cm³/mol. The molecule has 1 aromatic carbocycles. The Morgan fingerprint density at radius 2 is 1.86 bits per heavy atom. The average molecular weight is 297 g/mol. The number of alkyl halides is 3. The SMILES string of the molecule is N#CCCN1C(=O)NC(c2ccccc2)(C(F)(F)F)C1=O. The van der Waals surface area contributed by atoms with E-state index in [4.69, 9.17) is 5.26 Å². The Morgan fingerprint density at radius 1 is 1.24 bits per heavy atom. The van der Waals surface area contributed by atoms with E-state index in [0.29, 0.717) is 4.90 Å². The molecule has 0 bridgehead atoms. The molecule has 1 unspecified atom stereocenters. The van der Waals surface area contributed by atoms with Crippen molar-refractivity contribution >= 4 is 11.9 Å². The summed E-state index contributed by atoms with van der Waals surface area (Å²) in [7, 11) is 0. The largest absolute Gasteiger partial charge is 0.425 e. The van der Waals surface area contributed by atoms with Crippen molar-refractivity contribution < 1.29 is 22.8 Å². The van der Waals surface area contributed by atoms with E-state index in [1.807, 2.05) is 0 Å². The van der Waals surface area contributed by atoms with Crippen molar-refractivity contribution in [3.63, 3.8) is 0 Å². The first-order chi connectivity index (χ1) is 9.84. The molecule has 1 fully saturated rings. The van der Waals surface area contributed by atoms with Gasteiger partial charge < -0.3 is 5.32 Å². The molecule has 1 heterocycles. The number of nitriles is 1. The summed E-state index contributed by atoms with van der Waals surface area (Å²) in [5.74, 6) is -1.42. The smallest absolute Gasteiger partial charge is 0.312 e. The third-order valence-electron chi connectivity index (χ3n) is 3.18. The number of imide groups is 1. The third-order valence-corrected chi connectivity index (χ3v) is 3.18. The normalized spacial score (nSPS) is 22.1. The topological polar surface area (TPSA) is 73.2 Å². The first-order valence-corrected chi connectivity index (χ1v) is 5.98. The lowest BCUT2D eigenvalue weighted by molar-refractivity contribution is -0.198. The summed E-state index contributed by atoms with van der Waals surface area (Å²) in [6, 6.07) is 6.98. The van der Waals surface area contributed by atoms with E-state index < -0.39 is 23.7 Å². The quantitative estimate of drug-likeness (QED) is 0.866. The van der Waals surface area contributed by atoms with Gasteiger partial charge in [0.1, 0.15) is 0 Å². The zero-order chi connectivity index (χ0) is 15.7. The Hall–Kier alpha value is -2.56. The standard InChI is InChI=1S/C13H10F3N3O2/c14-13(15,16)12(9-5-2-1-3-6-9)10(20)19(8-4-7-17)11(21)18-12/h1-3,5-6H,4,8H2,(H,18,21). The number of nitrogens with zero attached hydrogens (tertiary/aromatic N) is 2. The van der Waals surface area contributed by atoms with Gasteiger partial charge in [0, 0.05) is 6.54 Å². The summed E-state index contributed by atoms with van der Waals surface area (Å²) in [6.07, 6.45) is -5.23. The summed E-state index contributed by atoms with van der Waals surface area (Å²) in [5, 5.41) is 10.2. The van der Waals surface area contributed by atoms with Crippen LogP contribution in [0, 0.1) is 11.3 Å². The van der Waals surface area contributed by atoms with E-state index in [9.17, 15) is 22.8 Å². The van der Waals surface area contributed by atoms with Crippen LogP contribution in [0.15, 0.2) is 30.3 Å². The molecule has 1 aromatic rings. The zero-order valence-electron chi connectivity index (χ0n) is 10.6. The molecule has 0 spiro atoms. The molecule has 0 saturated carbocycles. The second-order valence-electron chi connectivity index (χ2n) is 4.41. The number of halogens is 3. The minimum absolute atomic E-state index is 0.234. The fraction of sp³-hybridized carbons (Fsp3) is 0.308. The molecule has 21 heavy (non-hydrogen) atoms. The summed E-state index contributed by atoms with van der Waals surface area (Å²) < 4.78 is 40.5. The van der Waals surface area contributed by atoms with E-state index in [1.54, 1.807) is 11.4 Å². The summed E-state index contributed by atoms with van der Waals surface area (Å²) in [6.45, 7) is -0.383. The van der Waals surface area contributed by atoms with Crippen molar-refractivity contribution in [2.45, 2.75) is 18.1 Å². The van der Waals surface area contributed by atoms with E-state index in [-0.39, 0.29) is 18.5 Å². The second-order valence-corrected chi connectivity index (χ2v) is 4.41. The van der Waals surface area contributed by atoms with Crippen molar-refractivity contribution in [2.24, 2.45) is 0 Å². The van der Waals surface area contributed by atoms with Crippen LogP contribution >= 0.6 is 0 Å². The van der Waals surface area contributed by atoms with Crippen molar-refractivity contribution in [1.82, 2.24) is 10.2 Å². The highest BCUT2D eigenvalue weighted by Gasteiger charge is 2.68. The van der Waals surface area contributed by atoms with Gasteiger partial charge in [0.15, 0.2) is 0 Å². The lowest BCUT2D eigenvalue weighted by Crippen LogP contribution is -2.55. The van der Waals surface area contributed by atoms with Crippen molar-refractivity contribution in [1.29, 1.82) is 5.26 Å². The number of carbonyl (C=O) groups excluding carboxylic acids is 2. The van der Waals surface area contributed by atoms with Gasteiger partial charge in [-0.2, -0.15) is 18.4 Å².